The number of rotatable bonds is 5. The Morgan fingerprint density at radius 1 is 1.31 bits per heavy atom. The highest BCUT2D eigenvalue weighted by atomic mass is 79.9. The molecule has 0 saturated carbocycles. The smallest absolute Gasteiger partial charge is 0.270 e. The van der Waals surface area contributed by atoms with Gasteiger partial charge in [-0.2, -0.15) is 5.26 Å². The maximum Gasteiger partial charge on any atom is 0.270 e. The number of carbonyl (C=O) groups is 1. The van der Waals surface area contributed by atoms with E-state index < -0.39 is 5.56 Å². The van der Waals surface area contributed by atoms with Crippen LogP contribution in [0.1, 0.15) is 21.7 Å². The van der Waals surface area contributed by atoms with E-state index in [2.05, 4.69) is 25.9 Å². The van der Waals surface area contributed by atoms with Gasteiger partial charge in [-0.15, -0.1) is 0 Å². The number of benzene rings is 1. The van der Waals surface area contributed by atoms with Crippen LogP contribution in [0.3, 0.4) is 0 Å². The molecule has 1 aromatic carbocycles. The summed E-state index contributed by atoms with van der Waals surface area (Å²) in [4.78, 5) is 31.3. The molecule has 0 fully saturated rings. The van der Waals surface area contributed by atoms with Crippen LogP contribution in [0, 0.1) is 18.3 Å². The van der Waals surface area contributed by atoms with Crippen molar-refractivity contribution in [3.8, 4) is 17.5 Å². The molecule has 2 aromatic heterocycles. The molecule has 8 heteroatoms. The molecule has 2 heterocycles. The number of hydrogen-bond acceptors (Lipinski definition) is 6. The van der Waals surface area contributed by atoms with E-state index in [0.29, 0.717) is 17.1 Å². The number of Topliss-reactive ketones (excluding diaryl/α,β-unsaturated/α-hetero) is 1. The summed E-state index contributed by atoms with van der Waals surface area (Å²) < 4.78 is 6.37. The van der Waals surface area contributed by atoms with E-state index in [1.165, 1.54) is 0 Å². The molecule has 0 saturated heterocycles. The van der Waals surface area contributed by atoms with Gasteiger partial charge in [-0.3, -0.25) is 9.59 Å². The van der Waals surface area contributed by atoms with Crippen LogP contribution in [0.15, 0.2) is 55.2 Å². The highest BCUT2D eigenvalue weighted by molar-refractivity contribution is 9.10. The summed E-state index contributed by atoms with van der Waals surface area (Å²) in [5, 5.41) is 9.48. The Balaban J connectivity index is 1.86. The number of nitriles is 1. The number of aryl methyl sites for hydroxylation is 1. The minimum atomic E-state index is -0.565. The third-order valence-corrected chi connectivity index (χ3v) is 4.89. The highest BCUT2D eigenvalue weighted by Crippen LogP contribution is 2.24. The van der Waals surface area contributed by atoms with Gasteiger partial charge in [-0.25, -0.2) is 4.98 Å². The Kier molecular flexibility index (Phi) is 5.40. The zero-order valence-corrected chi connectivity index (χ0v) is 16.0. The molecule has 3 aromatic rings. The quantitative estimate of drug-likeness (QED) is 0.374. The monoisotopic (exact) mass is 429 g/mol. The van der Waals surface area contributed by atoms with Crippen molar-refractivity contribution in [3.05, 3.63) is 68.1 Å². The molecule has 130 valence electrons. The van der Waals surface area contributed by atoms with E-state index in [0.717, 1.165) is 16.2 Å². The van der Waals surface area contributed by atoms with Crippen LogP contribution < -0.4 is 5.56 Å². The van der Waals surface area contributed by atoms with Crippen molar-refractivity contribution in [2.75, 3.05) is 5.75 Å². The Morgan fingerprint density at radius 2 is 2.04 bits per heavy atom. The van der Waals surface area contributed by atoms with Crippen molar-refractivity contribution >= 4 is 33.5 Å². The Labute approximate surface area is 161 Å². The van der Waals surface area contributed by atoms with E-state index in [1.807, 2.05) is 6.07 Å². The number of halogens is 1. The number of nitrogens with one attached hydrogen (secondary N) is 1. The van der Waals surface area contributed by atoms with Crippen molar-refractivity contribution in [1.82, 2.24) is 9.97 Å². The SMILES string of the molecule is Cc1ccc(-c2nc(SCC(=O)c3ccc(Br)cc3)[nH]c(=O)c2C#N)o1. The third-order valence-electron chi connectivity index (χ3n) is 3.49. The van der Waals surface area contributed by atoms with Crippen LogP contribution in [-0.4, -0.2) is 21.5 Å². The maximum absolute atomic E-state index is 12.3. The van der Waals surface area contributed by atoms with Crippen LogP contribution in [0.5, 0.6) is 0 Å². The molecule has 26 heavy (non-hydrogen) atoms. The van der Waals surface area contributed by atoms with Gasteiger partial charge >= 0.3 is 0 Å². The van der Waals surface area contributed by atoms with Crippen LogP contribution in [0.2, 0.25) is 0 Å². The van der Waals surface area contributed by atoms with Gasteiger partial charge in [-0.1, -0.05) is 39.8 Å². The van der Waals surface area contributed by atoms with Crippen LogP contribution in [0.25, 0.3) is 11.5 Å². The molecule has 0 bridgehead atoms. The average Bonchev–Trinajstić information content (AvgIpc) is 3.06. The molecule has 0 unspecified atom stereocenters. The van der Waals surface area contributed by atoms with Crippen molar-refractivity contribution in [1.29, 1.82) is 5.26 Å². The lowest BCUT2D eigenvalue weighted by molar-refractivity contribution is 0.102. The van der Waals surface area contributed by atoms with E-state index >= 15 is 0 Å². The second kappa shape index (κ2) is 7.72. The fourth-order valence-electron chi connectivity index (χ4n) is 2.22. The van der Waals surface area contributed by atoms with Gasteiger partial charge in [0.1, 0.15) is 23.1 Å². The lowest BCUT2D eigenvalue weighted by Crippen LogP contribution is -2.15. The number of aromatic amines is 1. The molecule has 0 spiro atoms. The van der Waals surface area contributed by atoms with Gasteiger partial charge < -0.3 is 9.40 Å². The van der Waals surface area contributed by atoms with Crippen LogP contribution in [-0.2, 0) is 0 Å². The second-order valence-corrected chi connectivity index (χ2v) is 7.22. The first-order valence-corrected chi connectivity index (χ1v) is 9.28. The summed E-state index contributed by atoms with van der Waals surface area (Å²) in [5.41, 5.74) is 0.0506. The number of aromatic nitrogens is 2. The predicted octanol–water partition coefficient (Wildman–Crippen LogP) is 3.95. The molecule has 0 radical (unpaired) electrons. The topological polar surface area (TPSA) is 99.8 Å². The van der Waals surface area contributed by atoms with Gasteiger partial charge in [0.2, 0.25) is 0 Å². The van der Waals surface area contributed by atoms with E-state index in [9.17, 15) is 14.9 Å². The van der Waals surface area contributed by atoms with E-state index in [-0.39, 0.29) is 27.9 Å². The first-order valence-electron chi connectivity index (χ1n) is 7.50. The fourth-order valence-corrected chi connectivity index (χ4v) is 3.24. The molecule has 0 aliphatic carbocycles. The van der Waals surface area contributed by atoms with Gasteiger partial charge in [0, 0.05) is 10.0 Å². The lowest BCUT2D eigenvalue weighted by atomic mass is 10.2. The molecule has 0 amide bonds. The fraction of sp³-hybridized carbons (Fsp3) is 0.111. The summed E-state index contributed by atoms with van der Waals surface area (Å²) in [5.74, 6) is 0.995. The summed E-state index contributed by atoms with van der Waals surface area (Å²) in [7, 11) is 0. The molecule has 0 aliphatic rings. The first-order chi connectivity index (χ1) is 12.5. The summed E-state index contributed by atoms with van der Waals surface area (Å²) in [6, 6.07) is 12.2. The largest absolute Gasteiger partial charge is 0.460 e. The molecular formula is C18H12BrN3O3S. The maximum atomic E-state index is 12.3. The number of H-pyrrole nitrogens is 1. The van der Waals surface area contributed by atoms with E-state index in [4.69, 9.17) is 4.42 Å². The molecule has 0 aliphatic heterocycles. The summed E-state index contributed by atoms with van der Waals surface area (Å²) in [6.45, 7) is 1.76. The minimum absolute atomic E-state index is 0.0927. The number of furan rings is 1. The predicted molar refractivity (Wildman–Crippen MR) is 101 cm³/mol. The molecule has 3 rings (SSSR count). The van der Waals surface area contributed by atoms with Crippen LogP contribution >= 0.6 is 27.7 Å². The molecule has 0 atom stereocenters. The Morgan fingerprint density at radius 3 is 2.65 bits per heavy atom. The number of thioether (sulfide) groups is 1. The van der Waals surface area contributed by atoms with Gasteiger partial charge in [0.05, 0.1) is 5.75 Å². The molecule has 6 nitrogen and oxygen atoms in total. The Hall–Kier alpha value is -2.63. The average molecular weight is 430 g/mol. The first kappa shape index (κ1) is 18.2. The van der Waals surface area contributed by atoms with Crippen molar-refractivity contribution < 1.29 is 9.21 Å². The van der Waals surface area contributed by atoms with Gasteiger partial charge in [0.15, 0.2) is 16.7 Å². The lowest BCUT2D eigenvalue weighted by Gasteiger charge is -2.05. The van der Waals surface area contributed by atoms with Gasteiger partial charge in [-0.05, 0) is 31.2 Å². The summed E-state index contributed by atoms with van der Waals surface area (Å²) in [6.07, 6.45) is 0. The second-order valence-electron chi connectivity index (χ2n) is 5.34. The number of hydrogen-bond donors (Lipinski definition) is 1. The molecular weight excluding hydrogens is 418 g/mol. The van der Waals surface area contributed by atoms with Gasteiger partial charge in [0.25, 0.3) is 5.56 Å². The molecule has 1 N–H and O–H groups in total. The summed E-state index contributed by atoms with van der Waals surface area (Å²) >= 11 is 4.42. The zero-order valence-electron chi connectivity index (χ0n) is 13.6. The normalized spacial score (nSPS) is 10.5. The van der Waals surface area contributed by atoms with Crippen molar-refractivity contribution in [2.45, 2.75) is 12.1 Å². The number of ketones is 1. The standard InChI is InChI=1S/C18H12BrN3O3S/c1-10-2-7-15(25-10)16-13(8-20)17(24)22-18(21-16)26-9-14(23)11-3-5-12(19)6-4-11/h2-7H,9H2,1H3,(H,21,22,24). The highest BCUT2D eigenvalue weighted by Gasteiger charge is 2.17. The van der Waals surface area contributed by atoms with E-state index in [1.54, 1.807) is 43.3 Å². The number of carbonyl (C=O) groups excluding carboxylic acids is 1. The zero-order chi connectivity index (χ0) is 18.7. The van der Waals surface area contributed by atoms with Crippen molar-refractivity contribution in [2.24, 2.45) is 0 Å². The van der Waals surface area contributed by atoms with Crippen molar-refractivity contribution in [3.63, 3.8) is 0 Å². The Bertz CT molecular complexity index is 1060. The number of nitrogens with zero attached hydrogens (tertiary/aromatic N) is 2. The third kappa shape index (κ3) is 3.95. The minimum Gasteiger partial charge on any atom is -0.460 e. The van der Waals surface area contributed by atoms with Crippen LogP contribution in [0.4, 0.5) is 0 Å².